The smallest absolute Gasteiger partial charge is 0.0589 e. The Kier molecular flexibility index (Phi) is 4.37. The summed E-state index contributed by atoms with van der Waals surface area (Å²) in [5, 5.41) is 3.75. The first-order valence-electron chi connectivity index (χ1n) is 7.99. The largest absolute Gasteiger partial charge is 0.305 e. The Balaban J connectivity index is 1.79. The third kappa shape index (κ3) is 2.74. The third-order valence-electron chi connectivity index (χ3n) is 4.50. The molecule has 0 aliphatic heterocycles. The van der Waals surface area contributed by atoms with Gasteiger partial charge in [0.25, 0.3) is 0 Å². The second kappa shape index (κ2) is 6.42. The van der Waals surface area contributed by atoms with E-state index in [4.69, 9.17) is 0 Å². The van der Waals surface area contributed by atoms with Crippen LogP contribution in [-0.4, -0.2) is 31.1 Å². The van der Waals surface area contributed by atoms with Crippen LogP contribution in [0.25, 0.3) is 11.1 Å². The first-order valence-corrected chi connectivity index (χ1v) is 7.99. The highest BCUT2D eigenvalue weighted by atomic mass is 15.1. The average Bonchev–Trinajstić information content (AvgIpc) is 2.86. The van der Waals surface area contributed by atoms with Gasteiger partial charge in [-0.2, -0.15) is 0 Å². The van der Waals surface area contributed by atoms with E-state index in [1.54, 1.807) is 0 Å². The topological polar surface area (TPSA) is 15.3 Å². The Hall–Kier alpha value is -1.64. The van der Waals surface area contributed by atoms with Crippen LogP contribution in [0.15, 0.2) is 48.5 Å². The fourth-order valence-electron chi connectivity index (χ4n) is 3.28. The molecule has 0 saturated carbocycles. The van der Waals surface area contributed by atoms with Gasteiger partial charge in [0.15, 0.2) is 0 Å². The van der Waals surface area contributed by atoms with Gasteiger partial charge in [-0.05, 0) is 35.3 Å². The lowest BCUT2D eigenvalue weighted by atomic mass is 10.1. The van der Waals surface area contributed by atoms with E-state index < -0.39 is 0 Å². The highest BCUT2D eigenvalue weighted by Crippen LogP contribution is 2.42. The van der Waals surface area contributed by atoms with Gasteiger partial charge in [0, 0.05) is 13.1 Å². The number of nitrogens with zero attached hydrogens (tertiary/aromatic N) is 1. The molecule has 1 N–H and O–H groups in total. The second-order valence-corrected chi connectivity index (χ2v) is 5.59. The quantitative estimate of drug-likeness (QED) is 0.868. The van der Waals surface area contributed by atoms with E-state index in [0.717, 1.165) is 26.2 Å². The predicted molar refractivity (Wildman–Crippen MR) is 89.5 cm³/mol. The van der Waals surface area contributed by atoms with Crippen molar-refractivity contribution in [3.8, 4) is 11.1 Å². The predicted octanol–water partition coefficient (Wildman–Crippen LogP) is 3.69. The van der Waals surface area contributed by atoms with E-state index in [2.05, 4.69) is 72.6 Å². The minimum atomic E-state index is 0.341. The van der Waals surface area contributed by atoms with Crippen molar-refractivity contribution in [1.29, 1.82) is 0 Å². The number of hydrogen-bond acceptors (Lipinski definition) is 2. The summed E-state index contributed by atoms with van der Waals surface area (Å²) < 4.78 is 0. The van der Waals surface area contributed by atoms with Crippen LogP contribution < -0.4 is 5.32 Å². The summed E-state index contributed by atoms with van der Waals surface area (Å²) in [6.07, 6.45) is 0. The normalized spacial score (nSPS) is 13.5. The maximum absolute atomic E-state index is 3.75. The van der Waals surface area contributed by atoms with E-state index in [0.29, 0.717) is 6.04 Å². The number of hydrogen-bond donors (Lipinski definition) is 1. The molecule has 1 aliphatic carbocycles. The molecular formula is C19H24N2. The van der Waals surface area contributed by atoms with Crippen LogP contribution in [-0.2, 0) is 0 Å². The van der Waals surface area contributed by atoms with Crippen LogP contribution in [0.2, 0.25) is 0 Å². The summed E-state index contributed by atoms with van der Waals surface area (Å²) >= 11 is 0. The molecule has 0 saturated heterocycles. The van der Waals surface area contributed by atoms with Crippen molar-refractivity contribution in [1.82, 2.24) is 10.2 Å². The van der Waals surface area contributed by atoms with E-state index in [1.807, 2.05) is 0 Å². The summed E-state index contributed by atoms with van der Waals surface area (Å²) in [6, 6.07) is 17.9. The lowest BCUT2D eigenvalue weighted by Crippen LogP contribution is -2.33. The Labute approximate surface area is 127 Å². The highest BCUT2D eigenvalue weighted by Gasteiger charge is 2.27. The monoisotopic (exact) mass is 280 g/mol. The number of rotatable bonds is 6. The molecule has 0 aromatic heterocycles. The molecule has 0 atom stereocenters. The lowest BCUT2D eigenvalue weighted by Gasteiger charge is -2.21. The Morgan fingerprint density at radius 2 is 1.38 bits per heavy atom. The molecule has 2 aromatic carbocycles. The minimum absolute atomic E-state index is 0.341. The van der Waals surface area contributed by atoms with Crippen LogP contribution >= 0.6 is 0 Å². The molecule has 0 heterocycles. The molecule has 0 amide bonds. The molecule has 21 heavy (non-hydrogen) atoms. The molecular weight excluding hydrogens is 256 g/mol. The van der Waals surface area contributed by atoms with Crippen LogP contribution in [0.5, 0.6) is 0 Å². The van der Waals surface area contributed by atoms with Crippen LogP contribution in [0.1, 0.15) is 31.0 Å². The molecule has 0 radical (unpaired) electrons. The van der Waals surface area contributed by atoms with Crippen molar-refractivity contribution in [3.05, 3.63) is 59.7 Å². The molecule has 0 unspecified atom stereocenters. The van der Waals surface area contributed by atoms with Gasteiger partial charge in [-0.25, -0.2) is 0 Å². The van der Waals surface area contributed by atoms with E-state index in [1.165, 1.54) is 22.3 Å². The first-order chi connectivity index (χ1) is 10.3. The Bertz CT molecular complexity index is 557. The first kappa shape index (κ1) is 14.3. The summed E-state index contributed by atoms with van der Waals surface area (Å²) in [5.74, 6) is 0. The van der Waals surface area contributed by atoms with Gasteiger partial charge in [-0.3, -0.25) is 0 Å². The number of fused-ring (bicyclic) bond motifs is 3. The van der Waals surface area contributed by atoms with Gasteiger partial charge < -0.3 is 10.2 Å². The fraction of sp³-hybridized carbons (Fsp3) is 0.368. The van der Waals surface area contributed by atoms with E-state index in [-0.39, 0.29) is 0 Å². The maximum atomic E-state index is 3.75. The van der Waals surface area contributed by atoms with Gasteiger partial charge in [-0.1, -0.05) is 62.4 Å². The second-order valence-electron chi connectivity index (χ2n) is 5.59. The summed E-state index contributed by atoms with van der Waals surface area (Å²) in [4.78, 5) is 2.46. The number of benzene rings is 2. The maximum Gasteiger partial charge on any atom is 0.0589 e. The van der Waals surface area contributed by atoms with Crippen molar-refractivity contribution in [2.24, 2.45) is 0 Å². The fourth-order valence-corrected chi connectivity index (χ4v) is 3.28. The molecule has 0 fully saturated rings. The molecule has 2 heteroatoms. The molecule has 2 nitrogen and oxygen atoms in total. The third-order valence-corrected chi connectivity index (χ3v) is 4.50. The van der Waals surface area contributed by atoms with E-state index in [9.17, 15) is 0 Å². The van der Waals surface area contributed by atoms with Crippen molar-refractivity contribution in [2.45, 2.75) is 19.9 Å². The lowest BCUT2D eigenvalue weighted by molar-refractivity contribution is 0.299. The number of nitrogens with one attached hydrogen (secondary N) is 1. The molecule has 0 spiro atoms. The summed E-state index contributed by atoms with van der Waals surface area (Å²) in [7, 11) is 0. The average molecular weight is 280 g/mol. The van der Waals surface area contributed by atoms with Gasteiger partial charge >= 0.3 is 0 Å². The van der Waals surface area contributed by atoms with Crippen LogP contribution in [0, 0.1) is 0 Å². The zero-order valence-corrected chi connectivity index (χ0v) is 13.0. The molecule has 3 rings (SSSR count). The van der Waals surface area contributed by atoms with Gasteiger partial charge in [0.05, 0.1) is 6.04 Å². The molecule has 2 aromatic rings. The number of likely N-dealkylation sites (N-methyl/N-ethyl adjacent to an activating group) is 1. The Morgan fingerprint density at radius 1 is 0.857 bits per heavy atom. The van der Waals surface area contributed by atoms with Crippen LogP contribution in [0.3, 0.4) is 0 Å². The van der Waals surface area contributed by atoms with Crippen molar-refractivity contribution < 1.29 is 0 Å². The minimum Gasteiger partial charge on any atom is -0.305 e. The van der Waals surface area contributed by atoms with Gasteiger partial charge in [-0.15, -0.1) is 0 Å². The van der Waals surface area contributed by atoms with E-state index >= 15 is 0 Å². The zero-order valence-electron chi connectivity index (χ0n) is 13.0. The zero-order chi connectivity index (χ0) is 14.7. The summed E-state index contributed by atoms with van der Waals surface area (Å²) in [5.41, 5.74) is 5.60. The Morgan fingerprint density at radius 3 is 1.90 bits per heavy atom. The van der Waals surface area contributed by atoms with Crippen molar-refractivity contribution in [3.63, 3.8) is 0 Å². The molecule has 0 bridgehead atoms. The molecule has 110 valence electrons. The standard InChI is InChI=1S/C19H24N2/c1-3-21(4-2)14-13-20-19-17-11-7-5-9-15(17)16-10-6-8-12-18(16)19/h5-12,19-20H,3-4,13-14H2,1-2H3. The summed E-state index contributed by atoms with van der Waals surface area (Å²) in [6.45, 7) is 8.82. The van der Waals surface area contributed by atoms with Crippen LogP contribution in [0.4, 0.5) is 0 Å². The van der Waals surface area contributed by atoms with Crippen molar-refractivity contribution in [2.75, 3.05) is 26.2 Å². The van der Waals surface area contributed by atoms with Gasteiger partial charge in [0.1, 0.15) is 0 Å². The highest BCUT2D eigenvalue weighted by molar-refractivity contribution is 5.78. The SMILES string of the molecule is CCN(CC)CCNC1c2ccccc2-c2ccccc21. The van der Waals surface area contributed by atoms with Gasteiger partial charge in [0.2, 0.25) is 0 Å². The molecule has 1 aliphatic rings. The van der Waals surface area contributed by atoms with Crippen molar-refractivity contribution >= 4 is 0 Å².